The fraction of sp³-hybridized carbons (Fsp3) is 0.143. The van der Waals surface area contributed by atoms with Crippen LogP contribution >= 0.6 is 0 Å². The van der Waals surface area contributed by atoms with E-state index in [4.69, 9.17) is 9.52 Å². The molecule has 0 aliphatic heterocycles. The van der Waals surface area contributed by atoms with Crippen LogP contribution in [0.15, 0.2) is 46.1 Å². The number of phenols is 1. The summed E-state index contributed by atoms with van der Waals surface area (Å²) >= 11 is 0. The Balaban J connectivity index is 2.50. The van der Waals surface area contributed by atoms with Crippen molar-refractivity contribution >= 4 is 17.1 Å². The minimum atomic E-state index is -1.11. The first kappa shape index (κ1) is 13.7. The molecular weight excluding hydrogens is 262 g/mol. The Hall–Kier alpha value is -2.76. The first-order valence-electron chi connectivity index (χ1n) is 5.86. The third-order valence-corrected chi connectivity index (χ3v) is 2.79. The van der Waals surface area contributed by atoms with Gasteiger partial charge >= 0.3 is 11.7 Å². The van der Waals surface area contributed by atoms with Crippen molar-refractivity contribution in [3.8, 4) is 5.75 Å². The van der Waals surface area contributed by atoms with Crippen molar-refractivity contribution < 1.29 is 19.4 Å². The largest absolute Gasteiger partial charge is 0.508 e. The molecule has 0 unspecified atom stereocenters. The number of aromatic hydroxyl groups is 1. The molecule has 2 aromatic rings. The Morgan fingerprint density at radius 3 is 2.80 bits per heavy atom. The Kier molecular flexibility index (Phi) is 3.74. The molecule has 0 aliphatic rings. The smallest absolute Gasteiger partial charge is 0.407 e. The van der Waals surface area contributed by atoms with Crippen molar-refractivity contribution in [1.29, 1.82) is 0 Å². The molecule has 2 N–H and O–H groups in total. The van der Waals surface area contributed by atoms with Gasteiger partial charge in [-0.1, -0.05) is 6.08 Å². The lowest BCUT2D eigenvalue weighted by Crippen LogP contribution is -2.29. The minimum absolute atomic E-state index is 0.0287. The lowest BCUT2D eigenvalue weighted by Gasteiger charge is -2.17. The predicted molar refractivity (Wildman–Crippen MR) is 72.8 cm³/mol. The Morgan fingerprint density at radius 2 is 2.15 bits per heavy atom. The number of nitrogens with zero attached hydrogens (tertiary/aromatic N) is 1. The SMILES string of the molecule is C=CCN(Cc1cc(=O)oc2cc(O)ccc12)C(=O)O. The van der Waals surface area contributed by atoms with Gasteiger partial charge in [0.25, 0.3) is 0 Å². The molecule has 0 saturated carbocycles. The standard InChI is InChI=1S/C14H13NO5/c1-2-5-15(14(18)19)8-9-6-13(17)20-12-7-10(16)3-4-11(9)12/h2-4,6-7,16H,1,5,8H2,(H,18,19). The molecule has 20 heavy (non-hydrogen) atoms. The first-order valence-corrected chi connectivity index (χ1v) is 5.86. The van der Waals surface area contributed by atoms with Crippen LogP contribution in [0.5, 0.6) is 5.75 Å². The van der Waals surface area contributed by atoms with Crippen molar-refractivity contribution in [1.82, 2.24) is 4.90 Å². The lowest BCUT2D eigenvalue weighted by atomic mass is 10.1. The van der Waals surface area contributed by atoms with Gasteiger partial charge in [0, 0.05) is 24.1 Å². The highest BCUT2D eigenvalue weighted by Gasteiger charge is 2.14. The molecule has 0 saturated heterocycles. The Bertz CT molecular complexity index is 719. The van der Waals surface area contributed by atoms with Crippen molar-refractivity contribution in [3.63, 3.8) is 0 Å². The van der Waals surface area contributed by atoms with Crippen LogP contribution < -0.4 is 5.63 Å². The monoisotopic (exact) mass is 275 g/mol. The van der Waals surface area contributed by atoms with Gasteiger partial charge in [-0.3, -0.25) is 0 Å². The molecule has 1 aromatic heterocycles. The molecular formula is C14H13NO5. The fourth-order valence-corrected chi connectivity index (χ4v) is 1.92. The molecule has 0 fully saturated rings. The van der Waals surface area contributed by atoms with E-state index < -0.39 is 11.7 Å². The van der Waals surface area contributed by atoms with E-state index in [0.717, 1.165) is 4.90 Å². The molecule has 1 amide bonds. The van der Waals surface area contributed by atoms with Gasteiger partial charge in [-0.25, -0.2) is 9.59 Å². The fourth-order valence-electron chi connectivity index (χ4n) is 1.92. The van der Waals surface area contributed by atoms with E-state index in [1.165, 1.54) is 24.3 Å². The normalized spacial score (nSPS) is 10.4. The maximum Gasteiger partial charge on any atom is 0.407 e. The summed E-state index contributed by atoms with van der Waals surface area (Å²) in [5.41, 5.74) is 0.138. The second-order valence-electron chi connectivity index (χ2n) is 4.22. The van der Waals surface area contributed by atoms with E-state index in [-0.39, 0.29) is 24.4 Å². The molecule has 6 nitrogen and oxygen atoms in total. The number of benzene rings is 1. The Labute approximate surface area is 114 Å². The molecule has 1 heterocycles. The third-order valence-electron chi connectivity index (χ3n) is 2.79. The van der Waals surface area contributed by atoms with Gasteiger partial charge in [0.05, 0.1) is 6.54 Å². The van der Waals surface area contributed by atoms with Gasteiger partial charge < -0.3 is 19.5 Å². The molecule has 0 radical (unpaired) electrons. The number of fused-ring (bicyclic) bond motifs is 1. The summed E-state index contributed by atoms with van der Waals surface area (Å²) in [5, 5.41) is 19.1. The summed E-state index contributed by atoms with van der Waals surface area (Å²) in [6, 6.07) is 5.60. The van der Waals surface area contributed by atoms with Crippen LogP contribution in [0.3, 0.4) is 0 Å². The molecule has 0 aliphatic carbocycles. The van der Waals surface area contributed by atoms with E-state index in [1.54, 1.807) is 6.07 Å². The van der Waals surface area contributed by atoms with Crippen LogP contribution in [0.4, 0.5) is 4.79 Å². The summed E-state index contributed by atoms with van der Waals surface area (Å²) < 4.78 is 4.98. The lowest BCUT2D eigenvalue weighted by molar-refractivity contribution is 0.148. The summed E-state index contributed by atoms with van der Waals surface area (Å²) in [7, 11) is 0. The van der Waals surface area contributed by atoms with Crippen molar-refractivity contribution in [3.05, 3.63) is 52.9 Å². The zero-order valence-electron chi connectivity index (χ0n) is 10.6. The molecule has 2 rings (SSSR count). The van der Waals surface area contributed by atoms with Crippen LogP contribution in [-0.4, -0.2) is 27.8 Å². The minimum Gasteiger partial charge on any atom is -0.508 e. The zero-order chi connectivity index (χ0) is 14.7. The second-order valence-corrected chi connectivity index (χ2v) is 4.22. The van der Waals surface area contributed by atoms with E-state index in [1.807, 2.05) is 0 Å². The number of hydrogen-bond acceptors (Lipinski definition) is 4. The van der Waals surface area contributed by atoms with Gasteiger partial charge in [-0.15, -0.1) is 6.58 Å². The number of hydrogen-bond donors (Lipinski definition) is 2. The van der Waals surface area contributed by atoms with Gasteiger partial charge in [0.2, 0.25) is 0 Å². The molecule has 6 heteroatoms. The summed E-state index contributed by atoms with van der Waals surface area (Å²) in [5.74, 6) is -0.0287. The van der Waals surface area contributed by atoms with Crippen LogP contribution in [0.1, 0.15) is 5.56 Å². The quantitative estimate of drug-likeness (QED) is 0.659. The van der Waals surface area contributed by atoms with Crippen LogP contribution in [0, 0.1) is 0 Å². The number of phenolic OH excluding ortho intramolecular Hbond substituents is 1. The van der Waals surface area contributed by atoms with Crippen molar-refractivity contribution in [2.24, 2.45) is 0 Å². The number of carboxylic acid groups (broad SMARTS) is 1. The van der Waals surface area contributed by atoms with Gasteiger partial charge in [-0.2, -0.15) is 0 Å². The van der Waals surface area contributed by atoms with Gasteiger partial charge in [0.1, 0.15) is 11.3 Å². The van der Waals surface area contributed by atoms with Crippen LogP contribution in [0.25, 0.3) is 11.0 Å². The van der Waals surface area contributed by atoms with Gasteiger partial charge in [0.15, 0.2) is 0 Å². The molecule has 0 bridgehead atoms. The number of amides is 1. The molecule has 1 aromatic carbocycles. The van der Waals surface area contributed by atoms with Gasteiger partial charge in [-0.05, 0) is 17.7 Å². The highest BCUT2D eigenvalue weighted by Crippen LogP contribution is 2.22. The number of carbonyl (C=O) groups is 1. The predicted octanol–water partition coefficient (Wildman–Crippen LogP) is 2.16. The molecule has 0 atom stereocenters. The number of rotatable bonds is 4. The highest BCUT2D eigenvalue weighted by molar-refractivity contribution is 5.81. The second kappa shape index (κ2) is 5.48. The van der Waals surface area contributed by atoms with Crippen molar-refractivity contribution in [2.75, 3.05) is 6.54 Å². The average molecular weight is 275 g/mol. The summed E-state index contributed by atoms with van der Waals surface area (Å²) in [4.78, 5) is 23.7. The summed E-state index contributed by atoms with van der Waals surface area (Å²) in [6.07, 6.45) is 0.359. The third kappa shape index (κ3) is 2.80. The van der Waals surface area contributed by atoms with Crippen LogP contribution in [-0.2, 0) is 6.54 Å². The average Bonchev–Trinajstić information content (AvgIpc) is 2.37. The van der Waals surface area contributed by atoms with E-state index in [9.17, 15) is 14.7 Å². The van der Waals surface area contributed by atoms with E-state index >= 15 is 0 Å². The maximum atomic E-state index is 11.5. The molecule has 104 valence electrons. The van der Waals surface area contributed by atoms with E-state index in [2.05, 4.69) is 6.58 Å². The topological polar surface area (TPSA) is 91.0 Å². The highest BCUT2D eigenvalue weighted by atomic mass is 16.4. The summed E-state index contributed by atoms with van der Waals surface area (Å²) in [6.45, 7) is 3.68. The van der Waals surface area contributed by atoms with Crippen LogP contribution in [0.2, 0.25) is 0 Å². The zero-order valence-corrected chi connectivity index (χ0v) is 10.6. The molecule has 0 spiro atoms. The Morgan fingerprint density at radius 1 is 1.40 bits per heavy atom. The first-order chi connectivity index (χ1) is 9.51. The van der Waals surface area contributed by atoms with E-state index in [0.29, 0.717) is 10.9 Å². The maximum absolute atomic E-state index is 11.5. The van der Waals surface area contributed by atoms with Crippen molar-refractivity contribution in [2.45, 2.75) is 6.54 Å².